The second-order valence-electron chi connectivity index (χ2n) is 3.31. The lowest BCUT2D eigenvalue weighted by atomic mass is 9.87. The molecule has 1 aliphatic carbocycles. The lowest BCUT2D eigenvalue weighted by Crippen LogP contribution is -2.32. The first kappa shape index (κ1) is 8.02. The van der Waals surface area contributed by atoms with E-state index >= 15 is 0 Å². The van der Waals surface area contributed by atoms with Crippen LogP contribution in [0.3, 0.4) is 0 Å². The van der Waals surface area contributed by atoms with Crippen LogP contribution in [0.15, 0.2) is 0 Å². The second-order valence-corrected chi connectivity index (χ2v) is 3.31. The Kier molecular flexibility index (Phi) is 3.16. The summed E-state index contributed by atoms with van der Waals surface area (Å²) in [5.74, 6) is 0.879. The van der Waals surface area contributed by atoms with E-state index in [9.17, 15) is 5.11 Å². The van der Waals surface area contributed by atoms with Crippen molar-refractivity contribution in [2.45, 2.75) is 38.6 Å². The molecule has 0 unspecified atom stereocenters. The van der Waals surface area contributed by atoms with Crippen molar-refractivity contribution in [3.05, 3.63) is 0 Å². The average Bonchev–Trinajstić information content (AvgIpc) is 1.95. The molecule has 10 heavy (non-hydrogen) atoms. The topological polar surface area (TPSA) is 31.9 Å². The van der Waals surface area contributed by atoms with Crippen LogP contribution >= 0.6 is 0 Å². The van der Waals surface area contributed by atoms with Crippen molar-refractivity contribution < 1.29 is 5.11 Å². The Hall–Kier alpha value is -0.0800. The van der Waals surface area contributed by atoms with Crippen LogP contribution in [0, 0.1) is 5.92 Å². The summed E-state index contributed by atoms with van der Waals surface area (Å²) in [6.07, 6.45) is 4.97. The molecule has 2 nitrogen and oxygen atoms in total. The van der Waals surface area contributed by atoms with Gasteiger partial charge >= 0.3 is 0 Å². The van der Waals surface area contributed by atoms with Crippen molar-refractivity contribution in [1.82, 2.24) is 5.32 Å². The molecule has 59 valence electrons. The summed E-state index contributed by atoms with van der Waals surface area (Å²) < 4.78 is 0. The minimum Gasteiger partial charge on any atom is -0.289 e. The monoisotopic (exact) mass is 142 g/mol. The zero-order chi connectivity index (χ0) is 7.40. The molecule has 1 aliphatic rings. The third kappa shape index (κ3) is 2.27. The van der Waals surface area contributed by atoms with Gasteiger partial charge in [-0.25, -0.2) is 5.11 Å². The van der Waals surface area contributed by atoms with Crippen LogP contribution in [0.1, 0.15) is 32.6 Å². The molecule has 1 rings (SSSR count). The molecule has 1 radical (unpaired) electrons. The fourth-order valence-electron chi connectivity index (χ4n) is 1.58. The SMILES string of the molecule is C[C@H]1CC[C@@H](NC[O])CC1. The largest absolute Gasteiger partial charge is 0.289 e. The zero-order valence-corrected chi connectivity index (χ0v) is 6.60. The van der Waals surface area contributed by atoms with E-state index in [1.807, 2.05) is 0 Å². The Morgan fingerprint density at radius 2 is 1.90 bits per heavy atom. The highest BCUT2D eigenvalue weighted by Gasteiger charge is 2.16. The van der Waals surface area contributed by atoms with E-state index in [0.29, 0.717) is 6.04 Å². The Morgan fingerprint density at radius 1 is 1.30 bits per heavy atom. The van der Waals surface area contributed by atoms with Gasteiger partial charge in [0.05, 0.1) is 0 Å². The van der Waals surface area contributed by atoms with Crippen LogP contribution in [0.5, 0.6) is 0 Å². The van der Waals surface area contributed by atoms with Crippen molar-refractivity contribution in [3.63, 3.8) is 0 Å². The summed E-state index contributed by atoms with van der Waals surface area (Å²) >= 11 is 0. The maximum atomic E-state index is 10.2. The normalized spacial score (nSPS) is 34.2. The molecule has 1 N–H and O–H groups in total. The highest BCUT2D eigenvalue weighted by atomic mass is 16.3. The van der Waals surface area contributed by atoms with E-state index in [4.69, 9.17) is 0 Å². The van der Waals surface area contributed by atoms with Gasteiger partial charge in [0.2, 0.25) is 0 Å². The van der Waals surface area contributed by atoms with Gasteiger partial charge in [-0.1, -0.05) is 6.92 Å². The van der Waals surface area contributed by atoms with Gasteiger partial charge in [0.1, 0.15) is 6.73 Å². The molecule has 0 heterocycles. The van der Waals surface area contributed by atoms with Crippen molar-refractivity contribution in [2.24, 2.45) is 5.92 Å². The lowest BCUT2D eigenvalue weighted by Gasteiger charge is -2.25. The lowest BCUT2D eigenvalue weighted by molar-refractivity contribution is 0.141. The zero-order valence-electron chi connectivity index (χ0n) is 6.60. The van der Waals surface area contributed by atoms with Crippen LogP contribution in [0.2, 0.25) is 0 Å². The standard InChI is InChI=1S/C8H16NO/c1-7-2-4-8(5-3-7)9-6-10/h7-9H,2-6H2,1H3/t7-,8+. The molecule has 1 fully saturated rings. The molecule has 0 aromatic heterocycles. The molecule has 0 aliphatic heterocycles. The molecule has 0 spiro atoms. The maximum Gasteiger partial charge on any atom is 0.133 e. The fraction of sp³-hybridized carbons (Fsp3) is 1.00. The van der Waals surface area contributed by atoms with Gasteiger partial charge in [-0.15, -0.1) is 0 Å². The fourth-order valence-corrected chi connectivity index (χ4v) is 1.58. The smallest absolute Gasteiger partial charge is 0.133 e. The number of rotatable bonds is 2. The Labute approximate surface area is 62.6 Å². The van der Waals surface area contributed by atoms with E-state index in [0.717, 1.165) is 5.92 Å². The highest BCUT2D eigenvalue weighted by molar-refractivity contribution is 4.73. The Balaban J connectivity index is 2.13. The predicted molar refractivity (Wildman–Crippen MR) is 40.1 cm³/mol. The molecule has 0 amide bonds. The van der Waals surface area contributed by atoms with Crippen LogP contribution in [0.25, 0.3) is 0 Å². The number of hydrogen-bond donors (Lipinski definition) is 1. The molecule has 0 atom stereocenters. The molecule has 0 aromatic rings. The minimum atomic E-state index is -0.112. The number of hydrogen-bond acceptors (Lipinski definition) is 1. The third-order valence-electron chi connectivity index (χ3n) is 2.39. The van der Waals surface area contributed by atoms with E-state index in [-0.39, 0.29) is 6.73 Å². The van der Waals surface area contributed by atoms with Crippen molar-refractivity contribution >= 4 is 0 Å². The molecule has 0 bridgehead atoms. The quantitative estimate of drug-likeness (QED) is 0.583. The second kappa shape index (κ2) is 3.94. The van der Waals surface area contributed by atoms with Gasteiger partial charge in [-0.05, 0) is 31.6 Å². The highest BCUT2D eigenvalue weighted by Crippen LogP contribution is 2.22. The van der Waals surface area contributed by atoms with Crippen LogP contribution in [0.4, 0.5) is 0 Å². The summed E-state index contributed by atoms with van der Waals surface area (Å²) in [4.78, 5) is 0. The molecule has 0 aromatic carbocycles. The first-order valence-electron chi connectivity index (χ1n) is 4.14. The molecule has 0 saturated heterocycles. The van der Waals surface area contributed by atoms with Gasteiger partial charge in [-0.2, -0.15) is 0 Å². The third-order valence-corrected chi connectivity index (χ3v) is 2.39. The molecular formula is C8H16NO. The first-order valence-corrected chi connectivity index (χ1v) is 4.14. The van der Waals surface area contributed by atoms with E-state index in [1.54, 1.807) is 0 Å². The van der Waals surface area contributed by atoms with E-state index in [1.165, 1.54) is 25.7 Å². The summed E-state index contributed by atoms with van der Waals surface area (Å²) in [6.45, 7) is 2.17. The summed E-state index contributed by atoms with van der Waals surface area (Å²) in [6, 6.07) is 0.522. The summed E-state index contributed by atoms with van der Waals surface area (Å²) in [5.41, 5.74) is 0. The molecule has 1 saturated carbocycles. The summed E-state index contributed by atoms with van der Waals surface area (Å²) in [5, 5.41) is 13.1. The Bertz CT molecular complexity index is 87.3. The van der Waals surface area contributed by atoms with Gasteiger partial charge in [0, 0.05) is 6.04 Å². The maximum absolute atomic E-state index is 10.2. The van der Waals surface area contributed by atoms with Gasteiger partial charge in [-0.3, -0.25) is 5.32 Å². The van der Waals surface area contributed by atoms with Crippen LogP contribution in [-0.4, -0.2) is 12.8 Å². The van der Waals surface area contributed by atoms with Gasteiger partial charge < -0.3 is 0 Å². The van der Waals surface area contributed by atoms with Crippen LogP contribution in [-0.2, 0) is 5.11 Å². The van der Waals surface area contributed by atoms with Gasteiger partial charge in [0.25, 0.3) is 0 Å². The minimum absolute atomic E-state index is 0.112. The van der Waals surface area contributed by atoms with Gasteiger partial charge in [0.15, 0.2) is 0 Å². The van der Waals surface area contributed by atoms with Crippen molar-refractivity contribution in [2.75, 3.05) is 6.73 Å². The van der Waals surface area contributed by atoms with Crippen molar-refractivity contribution in [3.8, 4) is 0 Å². The molecular weight excluding hydrogens is 126 g/mol. The predicted octanol–water partition coefficient (Wildman–Crippen LogP) is 1.54. The summed E-state index contributed by atoms with van der Waals surface area (Å²) in [7, 11) is 0. The Morgan fingerprint density at radius 3 is 2.40 bits per heavy atom. The van der Waals surface area contributed by atoms with Crippen molar-refractivity contribution in [1.29, 1.82) is 0 Å². The average molecular weight is 142 g/mol. The number of nitrogens with one attached hydrogen (secondary N) is 1. The van der Waals surface area contributed by atoms with E-state index < -0.39 is 0 Å². The van der Waals surface area contributed by atoms with E-state index in [2.05, 4.69) is 12.2 Å². The molecule has 2 heteroatoms. The van der Waals surface area contributed by atoms with Crippen LogP contribution < -0.4 is 5.32 Å². The first-order chi connectivity index (χ1) is 4.83.